The second kappa shape index (κ2) is 9.99. The van der Waals surface area contributed by atoms with Crippen molar-refractivity contribution in [1.29, 1.82) is 0 Å². The molecule has 0 saturated heterocycles. The number of hydrogen-bond donors (Lipinski definition) is 0. The lowest BCUT2D eigenvalue weighted by molar-refractivity contribution is 0.296. The number of ether oxygens (including phenoxy) is 1. The van der Waals surface area contributed by atoms with E-state index in [1.165, 1.54) is 0 Å². The van der Waals surface area contributed by atoms with Gasteiger partial charge in [0.05, 0.1) is 12.1 Å². The highest BCUT2D eigenvalue weighted by atomic mass is 19.1. The van der Waals surface area contributed by atoms with Crippen LogP contribution < -0.4 is 4.74 Å². The lowest BCUT2D eigenvalue weighted by Gasteiger charge is -2.07. The Hall–Kier alpha value is -4.13. The van der Waals surface area contributed by atoms with Gasteiger partial charge in [-0.05, 0) is 48.0 Å². The molecule has 3 heterocycles. The van der Waals surface area contributed by atoms with E-state index in [0.29, 0.717) is 11.6 Å². The van der Waals surface area contributed by atoms with Crippen LogP contribution >= 0.6 is 0 Å². The van der Waals surface area contributed by atoms with E-state index in [-0.39, 0.29) is 20.6 Å². The number of rotatable bonds is 7. The SMILES string of the molecule is C.FCCn1cc(-c2ccncc2)c(-c2ccc(OCc3ncc4ccccc4n3)cc2)n1. The zero-order chi connectivity index (χ0) is 21.8. The van der Waals surface area contributed by atoms with Gasteiger partial charge in [0.1, 0.15) is 24.7 Å². The summed E-state index contributed by atoms with van der Waals surface area (Å²) in [6.07, 6.45) is 7.14. The van der Waals surface area contributed by atoms with Gasteiger partial charge in [-0.3, -0.25) is 9.67 Å². The molecule has 0 unspecified atom stereocenters. The predicted octanol–water partition coefficient (Wildman–Crippen LogP) is 5.74. The lowest BCUT2D eigenvalue weighted by atomic mass is 10.0. The standard InChI is InChI=1S/C25H20FN5O.CH4/c26-11-14-31-16-22(18-9-12-27-13-10-18)25(30-31)19-5-7-21(8-6-19)32-17-24-28-15-20-3-1-2-4-23(20)29-24;/h1-10,12-13,15-16H,11,14,17H2;1H4. The molecule has 0 N–H and O–H groups in total. The maximum atomic E-state index is 12.9. The Balaban J connectivity index is 0.00000259. The first-order chi connectivity index (χ1) is 15.8. The summed E-state index contributed by atoms with van der Waals surface area (Å²) in [5.74, 6) is 1.33. The number of pyridine rings is 1. The second-order valence-electron chi connectivity index (χ2n) is 7.24. The summed E-state index contributed by atoms with van der Waals surface area (Å²) in [5.41, 5.74) is 4.51. The Morgan fingerprint density at radius 2 is 1.70 bits per heavy atom. The molecule has 0 bridgehead atoms. The normalized spacial score (nSPS) is 10.7. The quantitative estimate of drug-likeness (QED) is 0.322. The first-order valence-electron chi connectivity index (χ1n) is 10.3. The second-order valence-corrected chi connectivity index (χ2v) is 7.24. The molecule has 0 amide bonds. The fourth-order valence-corrected chi connectivity index (χ4v) is 3.52. The molecule has 33 heavy (non-hydrogen) atoms. The molecule has 0 aliphatic rings. The first kappa shape index (κ1) is 22.1. The van der Waals surface area contributed by atoms with E-state index in [9.17, 15) is 4.39 Å². The van der Waals surface area contributed by atoms with Crippen LogP contribution in [0.4, 0.5) is 4.39 Å². The maximum Gasteiger partial charge on any atom is 0.166 e. The summed E-state index contributed by atoms with van der Waals surface area (Å²) in [6, 6.07) is 19.4. The summed E-state index contributed by atoms with van der Waals surface area (Å²) in [5, 5.41) is 5.59. The summed E-state index contributed by atoms with van der Waals surface area (Å²) in [6.45, 7) is 0.0170. The van der Waals surface area contributed by atoms with E-state index in [1.54, 1.807) is 23.3 Å². The number of hydrogen-bond acceptors (Lipinski definition) is 5. The lowest BCUT2D eigenvalue weighted by Crippen LogP contribution is -2.01. The van der Waals surface area contributed by atoms with Gasteiger partial charge in [-0.15, -0.1) is 0 Å². The van der Waals surface area contributed by atoms with Gasteiger partial charge in [0, 0.05) is 41.3 Å². The van der Waals surface area contributed by atoms with Crippen molar-refractivity contribution < 1.29 is 9.13 Å². The van der Waals surface area contributed by atoms with Crippen molar-refractivity contribution in [1.82, 2.24) is 24.7 Å². The molecule has 0 saturated carbocycles. The highest BCUT2D eigenvalue weighted by Gasteiger charge is 2.13. The van der Waals surface area contributed by atoms with Crippen molar-refractivity contribution in [3.05, 3.63) is 91.3 Å². The molecule has 0 spiro atoms. The van der Waals surface area contributed by atoms with Crippen molar-refractivity contribution in [3.8, 4) is 28.1 Å². The van der Waals surface area contributed by atoms with Crippen molar-refractivity contribution in [3.63, 3.8) is 0 Å². The van der Waals surface area contributed by atoms with Crippen LogP contribution in [0.25, 0.3) is 33.3 Å². The molecule has 0 atom stereocenters. The number of benzene rings is 2. The third-order valence-corrected chi connectivity index (χ3v) is 5.10. The van der Waals surface area contributed by atoms with Gasteiger partial charge in [0.15, 0.2) is 5.82 Å². The third-order valence-electron chi connectivity index (χ3n) is 5.10. The predicted molar refractivity (Wildman–Crippen MR) is 127 cm³/mol. The molecule has 0 radical (unpaired) electrons. The summed E-state index contributed by atoms with van der Waals surface area (Å²) in [7, 11) is 0. The molecule has 7 heteroatoms. The smallest absolute Gasteiger partial charge is 0.166 e. The summed E-state index contributed by atoms with van der Waals surface area (Å²) in [4.78, 5) is 13.0. The van der Waals surface area contributed by atoms with Gasteiger partial charge in [0.25, 0.3) is 0 Å². The number of aryl methyl sites for hydroxylation is 1. The molecule has 6 nitrogen and oxygen atoms in total. The number of aromatic nitrogens is 5. The van der Waals surface area contributed by atoms with Crippen LogP contribution in [0.2, 0.25) is 0 Å². The minimum absolute atomic E-state index is 0. The van der Waals surface area contributed by atoms with Crippen molar-refractivity contribution in [2.24, 2.45) is 0 Å². The van der Waals surface area contributed by atoms with Crippen LogP contribution in [0.1, 0.15) is 13.3 Å². The van der Waals surface area contributed by atoms with Crippen LogP contribution in [-0.4, -0.2) is 31.4 Å². The Bertz CT molecular complexity index is 1340. The van der Waals surface area contributed by atoms with Gasteiger partial charge in [-0.1, -0.05) is 25.6 Å². The average molecular weight is 442 g/mol. The molecule has 0 aliphatic heterocycles. The van der Waals surface area contributed by atoms with E-state index >= 15 is 0 Å². The minimum Gasteiger partial charge on any atom is -0.486 e. The molecule has 166 valence electrons. The molecule has 0 aliphatic carbocycles. The Kier molecular flexibility index (Phi) is 6.69. The van der Waals surface area contributed by atoms with E-state index in [4.69, 9.17) is 4.74 Å². The monoisotopic (exact) mass is 441 g/mol. The van der Waals surface area contributed by atoms with Crippen LogP contribution in [0.15, 0.2) is 85.5 Å². The number of alkyl halides is 1. The van der Waals surface area contributed by atoms with Crippen LogP contribution in [0, 0.1) is 0 Å². The Labute approximate surface area is 191 Å². The van der Waals surface area contributed by atoms with Gasteiger partial charge >= 0.3 is 0 Å². The van der Waals surface area contributed by atoms with Gasteiger partial charge in [-0.2, -0.15) is 5.10 Å². The first-order valence-corrected chi connectivity index (χ1v) is 10.3. The average Bonchev–Trinajstić information content (AvgIpc) is 3.28. The minimum atomic E-state index is -0.472. The zero-order valence-electron chi connectivity index (χ0n) is 17.2. The van der Waals surface area contributed by atoms with Crippen LogP contribution in [0.3, 0.4) is 0 Å². The van der Waals surface area contributed by atoms with Crippen molar-refractivity contribution in [2.75, 3.05) is 6.67 Å². The van der Waals surface area contributed by atoms with Gasteiger partial charge in [0.2, 0.25) is 0 Å². The highest BCUT2D eigenvalue weighted by Crippen LogP contribution is 2.31. The van der Waals surface area contributed by atoms with Gasteiger partial charge in [-0.25, -0.2) is 14.4 Å². The van der Waals surface area contributed by atoms with E-state index in [1.807, 2.05) is 66.9 Å². The Morgan fingerprint density at radius 3 is 2.48 bits per heavy atom. The van der Waals surface area contributed by atoms with Gasteiger partial charge < -0.3 is 4.74 Å². The molecular formula is C26H24FN5O. The van der Waals surface area contributed by atoms with E-state index in [2.05, 4.69) is 20.1 Å². The fraction of sp³-hybridized carbons (Fsp3) is 0.154. The van der Waals surface area contributed by atoms with E-state index in [0.717, 1.165) is 33.3 Å². The highest BCUT2D eigenvalue weighted by molar-refractivity contribution is 5.80. The largest absolute Gasteiger partial charge is 0.486 e. The topological polar surface area (TPSA) is 65.7 Å². The van der Waals surface area contributed by atoms with Crippen molar-refractivity contribution >= 4 is 10.9 Å². The van der Waals surface area contributed by atoms with Crippen LogP contribution in [0.5, 0.6) is 5.75 Å². The third kappa shape index (κ3) is 4.87. The summed E-state index contributed by atoms with van der Waals surface area (Å²) >= 11 is 0. The maximum absolute atomic E-state index is 12.9. The number of nitrogens with zero attached hydrogens (tertiary/aromatic N) is 5. The summed E-state index contributed by atoms with van der Waals surface area (Å²) < 4.78 is 20.4. The fourth-order valence-electron chi connectivity index (χ4n) is 3.52. The molecule has 0 fully saturated rings. The molecular weight excluding hydrogens is 417 g/mol. The molecule has 5 rings (SSSR count). The molecule has 5 aromatic rings. The number of fused-ring (bicyclic) bond motifs is 1. The molecule has 3 aromatic heterocycles. The molecule has 2 aromatic carbocycles. The van der Waals surface area contributed by atoms with Crippen LogP contribution in [-0.2, 0) is 13.2 Å². The van der Waals surface area contributed by atoms with Crippen molar-refractivity contribution in [2.45, 2.75) is 20.6 Å². The zero-order valence-corrected chi connectivity index (χ0v) is 17.2. The van der Waals surface area contributed by atoms with E-state index < -0.39 is 6.67 Å². The Morgan fingerprint density at radius 1 is 0.909 bits per heavy atom. The number of halogens is 1. The number of para-hydroxylation sites is 1.